The second-order valence-electron chi connectivity index (χ2n) is 3.66. The lowest BCUT2D eigenvalue weighted by Gasteiger charge is -2.35. The van der Waals surface area contributed by atoms with E-state index in [0.717, 1.165) is 25.7 Å². The van der Waals surface area contributed by atoms with Crippen molar-refractivity contribution in [2.45, 2.75) is 44.8 Å². The summed E-state index contributed by atoms with van der Waals surface area (Å²) in [5, 5.41) is 2.59. The van der Waals surface area contributed by atoms with Crippen LogP contribution in [-0.2, 0) is 0 Å². The highest BCUT2D eigenvalue weighted by molar-refractivity contribution is 4.87. The molecule has 0 heterocycles. The molecular weight excluding hydrogens is 179 g/mol. The molecule has 4 heteroatoms. The van der Waals surface area contributed by atoms with Crippen LogP contribution in [0.5, 0.6) is 0 Å². The molecule has 0 spiro atoms. The zero-order chi connectivity index (χ0) is 9.90. The predicted octanol–water partition coefficient (Wildman–Crippen LogP) is 2.72. The summed E-state index contributed by atoms with van der Waals surface area (Å²) in [6.07, 6.45) is -0.924. The Hall–Kier alpha value is -0.250. The summed E-state index contributed by atoms with van der Waals surface area (Å²) in [4.78, 5) is 0. The molecule has 1 aliphatic rings. The Morgan fingerprint density at radius 1 is 1.38 bits per heavy atom. The minimum atomic E-state index is -4.07. The van der Waals surface area contributed by atoms with Crippen molar-refractivity contribution in [2.75, 3.05) is 6.54 Å². The van der Waals surface area contributed by atoms with E-state index in [-0.39, 0.29) is 5.92 Å². The molecule has 0 aliphatic heterocycles. The van der Waals surface area contributed by atoms with Crippen LogP contribution in [0.3, 0.4) is 0 Å². The smallest absolute Gasteiger partial charge is 0.306 e. The van der Waals surface area contributed by atoms with Gasteiger partial charge in [0.15, 0.2) is 0 Å². The number of hydrogen-bond acceptors (Lipinski definition) is 1. The van der Waals surface area contributed by atoms with Crippen LogP contribution in [0.15, 0.2) is 0 Å². The normalized spacial score (nSPS) is 21.2. The molecule has 1 nitrogen and oxygen atoms in total. The molecule has 0 saturated heterocycles. The van der Waals surface area contributed by atoms with Gasteiger partial charge in [0.2, 0.25) is 0 Å². The summed E-state index contributed by atoms with van der Waals surface area (Å²) in [7, 11) is 0. The van der Waals surface area contributed by atoms with Crippen molar-refractivity contribution < 1.29 is 13.2 Å². The van der Waals surface area contributed by atoms with Gasteiger partial charge in [-0.2, -0.15) is 13.2 Å². The SMILES string of the molecule is CCCNC(C1CCC1)C(F)(F)F. The van der Waals surface area contributed by atoms with Crippen LogP contribution >= 0.6 is 0 Å². The van der Waals surface area contributed by atoms with E-state index in [4.69, 9.17) is 0 Å². The molecule has 1 saturated carbocycles. The number of alkyl halides is 3. The molecule has 1 fully saturated rings. The Morgan fingerprint density at radius 3 is 2.31 bits per heavy atom. The lowest BCUT2D eigenvalue weighted by atomic mass is 9.79. The Balaban J connectivity index is 2.43. The van der Waals surface area contributed by atoms with Crippen molar-refractivity contribution in [3.8, 4) is 0 Å². The minimum absolute atomic E-state index is 0.174. The first kappa shape index (κ1) is 10.8. The van der Waals surface area contributed by atoms with E-state index in [9.17, 15) is 13.2 Å². The Bertz CT molecular complexity index is 151. The van der Waals surface area contributed by atoms with E-state index >= 15 is 0 Å². The number of halogens is 3. The maximum absolute atomic E-state index is 12.5. The Kier molecular flexibility index (Phi) is 3.59. The predicted molar refractivity (Wildman–Crippen MR) is 45.5 cm³/mol. The van der Waals surface area contributed by atoms with Gasteiger partial charge >= 0.3 is 6.18 Å². The second kappa shape index (κ2) is 4.31. The average molecular weight is 195 g/mol. The molecule has 0 amide bonds. The molecule has 0 aromatic heterocycles. The fourth-order valence-corrected chi connectivity index (χ4v) is 1.62. The van der Waals surface area contributed by atoms with E-state index in [2.05, 4.69) is 5.32 Å². The number of rotatable bonds is 4. The van der Waals surface area contributed by atoms with Gasteiger partial charge in [-0.25, -0.2) is 0 Å². The largest absolute Gasteiger partial charge is 0.404 e. The molecule has 1 rings (SSSR count). The van der Waals surface area contributed by atoms with Crippen molar-refractivity contribution in [3.05, 3.63) is 0 Å². The highest BCUT2D eigenvalue weighted by Crippen LogP contribution is 2.37. The van der Waals surface area contributed by atoms with E-state index < -0.39 is 12.2 Å². The first-order valence-corrected chi connectivity index (χ1v) is 4.85. The molecule has 0 aromatic rings. The number of nitrogens with one attached hydrogen (secondary N) is 1. The van der Waals surface area contributed by atoms with Crippen molar-refractivity contribution in [1.82, 2.24) is 5.32 Å². The fraction of sp³-hybridized carbons (Fsp3) is 1.00. The van der Waals surface area contributed by atoms with Gasteiger partial charge in [0, 0.05) is 0 Å². The Morgan fingerprint density at radius 2 is 2.00 bits per heavy atom. The van der Waals surface area contributed by atoms with Crippen LogP contribution in [-0.4, -0.2) is 18.8 Å². The zero-order valence-electron chi connectivity index (χ0n) is 7.82. The molecule has 78 valence electrons. The molecule has 1 N–H and O–H groups in total. The van der Waals surface area contributed by atoms with Crippen LogP contribution in [0.4, 0.5) is 13.2 Å². The van der Waals surface area contributed by atoms with Gasteiger partial charge in [-0.3, -0.25) is 0 Å². The topological polar surface area (TPSA) is 12.0 Å². The van der Waals surface area contributed by atoms with Gasteiger partial charge < -0.3 is 5.32 Å². The highest BCUT2D eigenvalue weighted by Gasteiger charge is 2.45. The third-order valence-electron chi connectivity index (χ3n) is 2.59. The van der Waals surface area contributed by atoms with E-state index in [1.54, 1.807) is 0 Å². The monoisotopic (exact) mass is 195 g/mol. The van der Waals surface area contributed by atoms with Gasteiger partial charge in [0.05, 0.1) is 0 Å². The molecule has 0 bridgehead atoms. The van der Waals surface area contributed by atoms with Crippen molar-refractivity contribution >= 4 is 0 Å². The van der Waals surface area contributed by atoms with Crippen LogP contribution in [0, 0.1) is 5.92 Å². The average Bonchev–Trinajstić information content (AvgIpc) is 1.91. The summed E-state index contributed by atoms with van der Waals surface area (Å²) >= 11 is 0. The molecular formula is C9H16F3N. The van der Waals surface area contributed by atoms with Crippen LogP contribution < -0.4 is 5.32 Å². The lowest BCUT2D eigenvalue weighted by molar-refractivity contribution is -0.174. The molecule has 1 unspecified atom stereocenters. The van der Waals surface area contributed by atoms with E-state index in [1.165, 1.54) is 0 Å². The van der Waals surface area contributed by atoms with E-state index in [1.807, 2.05) is 6.92 Å². The van der Waals surface area contributed by atoms with E-state index in [0.29, 0.717) is 6.54 Å². The van der Waals surface area contributed by atoms with Crippen LogP contribution in [0.1, 0.15) is 32.6 Å². The third kappa shape index (κ3) is 2.86. The van der Waals surface area contributed by atoms with Gasteiger partial charge in [-0.1, -0.05) is 13.3 Å². The summed E-state index contributed by atoms with van der Waals surface area (Å²) in [5.74, 6) is -0.174. The summed E-state index contributed by atoms with van der Waals surface area (Å²) < 4.78 is 37.4. The second-order valence-corrected chi connectivity index (χ2v) is 3.66. The maximum atomic E-state index is 12.5. The van der Waals surface area contributed by atoms with Gasteiger partial charge in [-0.05, 0) is 31.7 Å². The third-order valence-corrected chi connectivity index (χ3v) is 2.59. The summed E-state index contributed by atoms with van der Waals surface area (Å²) in [6.45, 7) is 2.34. The Labute approximate surface area is 76.7 Å². The number of hydrogen-bond donors (Lipinski definition) is 1. The quantitative estimate of drug-likeness (QED) is 0.727. The molecule has 0 radical (unpaired) electrons. The van der Waals surface area contributed by atoms with Crippen LogP contribution in [0.25, 0.3) is 0 Å². The molecule has 1 atom stereocenters. The van der Waals surface area contributed by atoms with Gasteiger partial charge in [0.1, 0.15) is 6.04 Å². The maximum Gasteiger partial charge on any atom is 0.404 e. The fourth-order valence-electron chi connectivity index (χ4n) is 1.62. The molecule has 0 aromatic carbocycles. The zero-order valence-corrected chi connectivity index (χ0v) is 7.82. The minimum Gasteiger partial charge on any atom is -0.306 e. The summed E-state index contributed by atoms with van der Waals surface area (Å²) in [5.41, 5.74) is 0. The van der Waals surface area contributed by atoms with Crippen molar-refractivity contribution in [3.63, 3.8) is 0 Å². The first-order chi connectivity index (χ1) is 6.05. The van der Waals surface area contributed by atoms with Gasteiger partial charge in [-0.15, -0.1) is 0 Å². The van der Waals surface area contributed by atoms with Crippen molar-refractivity contribution in [1.29, 1.82) is 0 Å². The summed E-state index contributed by atoms with van der Waals surface area (Å²) in [6, 6.07) is -1.26. The first-order valence-electron chi connectivity index (χ1n) is 4.85. The molecule has 13 heavy (non-hydrogen) atoms. The molecule has 1 aliphatic carbocycles. The van der Waals surface area contributed by atoms with Crippen molar-refractivity contribution in [2.24, 2.45) is 5.92 Å². The lowest BCUT2D eigenvalue weighted by Crippen LogP contribution is -2.50. The van der Waals surface area contributed by atoms with Gasteiger partial charge in [0.25, 0.3) is 0 Å². The van der Waals surface area contributed by atoms with Crippen LogP contribution in [0.2, 0.25) is 0 Å². The standard InChI is InChI=1S/C9H16F3N/c1-2-6-13-8(9(10,11)12)7-4-3-5-7/h7-8,13H,2-6H2,1H3. The highest BCUT2D eigenvalue weighted by atomic mass is 19.4.